The Hall–Kier alpha value is -2.45. The molecule has 2 aromatic rings. The maximum absolute atomic E-state index is 13.1. The van der Waals surface area contributed by atoms with Gasteiger partial charge in [0.2, 0.25) is 0 Å². The zero-order valence-electron chi connectivity index (χ0n) is 19.0. The molecule has 0 aromatic heterocycles. The molecule has 1 N–H and O–H groups in total. The van der Waals surface area contributed by atoms with Crippen molar-refractivity contribution in [1.82, 2.24) is 9.80 Å². The lowest BCUT2D eigenvalue weighted by molar-refractivity contribution is -0.0515. The molecule has 0 bridgehead atoms. The summed E-state index contributed by atoms with van der Waals surface area (Å²) in [6.07, 6.45) is 0.0621. The molecule has 1 fully saturated rings. The molecular formula is C25H34N2O5. The van der Waals surface area contributed by atoms with E-state index in [1.54, 1.807) is 43.4 Å². The van der Waals surface area contributed by atoms with Crippen molar-refractivity contribution < 1.29 is 24.1 Å². The molecule has 2 atom stereocenters. The van der Waals surface area contributed by atoms with Gasteiger partial charge in [0.05, 0.1) is 32.5 Å². The van der Waals surface area contributed by atoms with Crippen LogP contribution in [0.1, 0.15) is 15.9 Å². The number of aliphatic hydroxyl groups excluding tert-OH is 1. The Kier molecular flexibility index (Phi) is 9.49. The number of carbonyl (C=O) groups excluding carboxylic acids is 1. The molecule has 32 heavy (non-hydrogen) atoms. The van der Waals surface area contributed by atoms with Gasteiger partial charge in [-0.25, -0.2) is 0 Å². The molecular weight excluding hydrogens is 408 g/mol. The lowest BCUT2D eigenvalue weighted by atomic mass is 10.1. The maximum Gasteiger partial charge on any atom is 0.254 e. The minimum atomic E-state index is -0.443. The molecule has 0 aliphatic carbocycles. The number of amides is 1. The first kappa shape index (κ1) is 24.2. The number of hydrogen-bond acceptors (Lipinski definition) is 6. The van der Waals surface area contributed by atoms with Crippen LogP contribution >= 0.6 is 0 Å². The molecule has 1 heterocycles. The molecule has 1 saturated heterocycles. The number of hydrogen-bond donors (Lipinski definition) is 1. The standard InChI is InChI=1S/C25H34N2O5/c1-30-14-13-27(25(29)21-8-10-23(31-2)11-9-21)19-24-18-26(12-15-32-24)17-22(28)16-20-6-4-3-5-7-20/h3-11,22,24,28H,12-19H2,1-2H3/t22-,24-/m0/s1. The Morgan fingerprint density at radius 1 is 1.19 bits per heavy atom. The summed E-state index contributed by atoms with van der Waals surface area (Å²) in [5, 5.41) is 10.5. The van der Waals surface area contributed by atoms with Crippen molar-refractivity contribution >= 4 is 5.91 Å². The van der Waals surface area contributed by atoms with Crippen LogP contribution in [0.2, 0.25) is 0 Å². The van der Waals surface area contributed by atoms with Crippen LogP contribution in [-0.2, 0) is 15.9 Å². The smallest absolute Gasteiger partial charge is 0.254 e. The maximum atomic E-state index is 13.1. The third kappa shape index (κ3) is 7.31. The van der Waals surface area contributed by atoms with Gasteiger partial charge in [-0.3, -0.25) is 9.69 Å². The van der Waals surface area contributed by atoms with Crippen molar-refractivity contribution in [3.63, 3.8) is 0 Å². The van der Waals surface area contributed by atoms with E-state index in [4.69, 9.17) is 14.2 Å². The molecule has 0 saturated carbocycles. The molecule has 1 aliphatic heterocycles. The number of aliphatic hydroxyl groups is 1. The van der Waals surface area contributed by atoms with E-state index >= 15 is 0 Å². The Morgan fingerprint density at radius 3 is 2.62 bits per heavy atom. The van der Waals surface area contributed by atoms with Crippen molar-refractivity contribution in [2.75, 3.05) is 60.2 Å². The number of morpholine rings is 1. The molecule has 1 amide bonds. The summed E-state index contributed by atoms with van der Waals surface area (Å²) < 4.78 is 16.4. The van der Waals surface area contributed by atoms with Gasteiger partial charge < -0.3 is 24.2 Å². The molecule has 0 spiro atoms. The minimum absolute atomic E-state index is 0.0606. The van der Waals surface area contributed by atoms with Crippen molar-refractivity contribution in [2.45, 2.75) is 18.6 Å². The van der Waals surface area contributed by atoms with E-state index in [2.05, 4.69) is 4.90 Å². The van der Waals surface area contributed by atoms with Gasteiger partial charge in [-0.1, -0.05) is 30.3 Å². The predicted octanol–water partition coefficient (Wildman–Crippen LogP) is 2.09. The van der Waals surface area contributed by atoms with Crippen LogP contribution in [0.25, 0.3) is 0 Å². The quantitative estimate of drug-likeness (QED) is 0.575. The number of rotatable bonds is 11. The van der Waals surface area contributed by atoms with Crippen LogP contribution in [0.3, 0.4) is 0 Å². The third-order valence-corrected chi connectivity index (χ3v) is 5.62. The highest BCUT2D eigenvalue weighted by Gasteiger charge is 2.26. The van der Waals surface area contributed by atoms with Gasteiger partial charge in [0.25, 0.3) is 5.91 Å². The molecule has 0 unspecified atom stereocenters. The highest BCUT2D eigenvalue weighted by atomic mass is 16.5. The Morgan fingerprint density at radius 2 is 1.94 bits per heavy atom. The van der Waals surface area contributed by atoms with Crippen molar-refractivity contribution in [2.24, 2.45) is 0 Å². The third-order valence-electron chi connectivity index (χ3n) is 5.62. The fraction of sp³-hybridized carbons (Fsp3) is 0.480. The molecule has 7 nitrogen and oxygen atoms in total. The summed E-state index contributed by atoms with van der Waals surface area (Å²) in [4.78, 5) is 17.1. The van der Waals surface area contributed by atoms with E-state index in [1.807, 2.05) is 30.3 Å². The first-order valence-electron chi connectivity index (χ1n) is 11.1. The number of benzene rings is 2. The van der Waals surface area contributed by atoms with Crippen LogP contribution in [-0.4, -0.2) is 93.2 Å². The highest BCUT2D eigenvalue weighted by molar-refractivity contribution is 5.94. The molecule has 1 aliphatic rings. The molecule has 0 radical (unpaired) electrons. The van der Waals surface area contributed by atoms with E-state index in [-0.39, 0.29) is 12.0 Å². The van der Waals surface area contributed by atoms with Gasteiger partial charge >= 0.3 is 0 Å². The van der Waals surface area contributed by atoms with Gasteiger partial charge in [0.15, 0.2) is 0 Å². The fourth-order valence-electron chi connectivity index (χ4n) is 3.94. The average molecular weight is 443 g/mol. The van der Waals surface area contributed by atoms with Crippen LogP contribution < -0.4 is 4.74 Å². The second-order valence-corrected chi connectivity index (χ2v) is 8.07. The van der Waals surface area contributed by atoms with Crippen molar-refractivity contribution in [3.05, 3.63) is 65.7 Å². The minimum Gasteiger partial charge on any atom is -0.497 e. The lowest BCUT2D eigenvalue weighted by Gasteiger charge is -2.36. The summed E-state index contributed by atoms with van der Waals surface area (Å²) in [6, 6.07) is 17.1. The summed E-state index contributed by atoms with van der Waals surface area (Å²) in [7, 11) is 3.23. The lowest BCUT2D eigenvalue weighted by Crippen LogP contribution is -2.51. The number of carbonyl (C=O) groups is 1. The monoisotopic (exact) mass is 442 g/mol. The summed E-state index contributed by atoms with van der Waals surface area (Å²) in [5.41, 5.74) is 1.73. The van der Waals surface area contributed by atoms with Gasteiger partial charge in [-0.15, -0.1) is 0 Å². The average Bonchev–Trinajstić information content (AvgIpc) is 2.82. The Labute approximate surface area is 190 Å². The van der Waals surface area contributed by atoms with Gasteiger partial charge in [-0.2, -0.15) is 0 Å². The van der Waals surface area contributed by atoms with Crippen LogP contribution in [0, 0.1) is 0 Å². The molecule has 2 aromatic carbocycles. The van der Waals surface area contributed by atoms with E-state index in [0.29, 0.717) is 57.1 Å². The normalized spacial score (nSPS) is 17.7. The first-order chi connectivity index (χ1) is 15.6. The van der Waals surface area contributed by atoms with Crippen molar-refractivity contribution in [1.29, 1.82) is 0 Å². The van der Waals surface area contributed by atoms with E-state index in [0.717, 1.165) is 12.1 Å². The van der Waals surface area contributed by atoms with Gasteiger partial charge in [-0.05, 0) is 36.2 Å². The zero-order chi connectivity index (χ0) is 22.8. The fourth-order valence-corrected chi connectivity index (χ4v) is 3.94. The Bertz CT molecular complexity index is 815. The van der Waals surface area contributed by atoms with Gasteiger partial charge in [0, 0.05) is 45.4 Å². The SMILES string of the molecule is COCCN(C[C@@H]1CN(C[C@@H](O)Cc2ccccc2)CCO1)C(=O)c1ccc(OC)cc1. The topological polar surface area (TPSA) is 71.5 Å². The molecule has 174 valence electrons. The van der Waals surface area contributed by atoms with Gasteiger partial charge in [0.1, 0.15) is 5.75 Å². The molecule has 3 rings (SSSR count). The van der Waals surface area contributed by atoms with Crippen LogP contribution in [0.15, 0.2) is 54.6 Å². The summed E-state index contributed by atoms with van der Waals surface area (Å²) in [5.74, 6) is 0.653. The Balaban J connectivity index is 1.57. The number of ether oxygens (including phenoxy) is 3. The number of methoxy groups -OCH3 is 2. The zero-order valence-corrected chi connectivity index (χ0v) is 19.0. The predicted molar refractivity (Wildman–Crippen MR) is 123 cm³/mol. The molecule has 7 heteroatoms. The van der Waals surface area contributed by atoms with Crippen LogP contribution in [0.4, 0.5) is 0 Å². The second-order valence-electron chi connectivity index (χ2n) is 8.07. The van der Waals surface area contributed by atoms with E-state index in [9.17, 15) is 9.90 Å². The van der Waals surface area contributed by atoms with E-state index < -0.39 is 6.10 Å². The summed E-state index contributed by atoms with van der Waals surface area (Å²) in [6.45, 7) is 4.01. The first-order valence-corrected chi connectivity index (χ1v) is 11.1. The van der Waals surface area contributed by atoms with Crippen molar-refractivity contribution in [3.8, 4) is 5.75 Å². The largest absolute Gasteiger partial charge is 0.497 e. The van der Waals surface area contributed by atoms with Crippen LogP contribution in [0.5, 0.6) is 5.75 Å². The number of β-amino-alcohol motifs (C(OH)–C–C–N with tert-alkyl or cyclic N) is 1. The van der Waals surface area contributed by atoms with E-state index in [1.165, 1.54) is 0 Å². The highest BCUT2D eigenvalue weighted by Crippen LogP contribution is 2.15. The number of nitrogens with zero attached hydrogens (tertiary/aromatic N) is 2. The second kappa shape index (κ2) is 12.6. The summed E-state index contributed by atoms with van der Waals surface area (Å²) >= 11 is 0.